The Labute approximate surface area is 169 Å². The van der Waals surface area contributed by atoms with E-state index in [1.54, 1.807) is 13.8 Å². The van der Waals surface area contributed by atoms with Gasteiger partial charge in [0.25, 0.3) is 0 Å². The maximum Gasteiger partial charge on any atom is 0.163 e. The fourth-order valence-corrected chi connectivity index (χ4v) is 2.82. The van der Waals surface area contributed by atoms with Crippen LogP contribution in [0.25, 0.3) is 0 Å². The van der Waals surface area contributed by atoms with Crippen LogP contribution in [0, 0.1) is 0 Å². The third-order valence-electron chi connectivity index (χ3n) is 4.38. The smallest absolute Gasteiger partial charge is 0.163 e. The number of aliphatic hydroxyl groups is 7. The monoisotopic (exact) mass is 436 g/mol. The fraction of sp³-hybridized carbons (Fsp3) is 1.00. The van der Waals surface area contributed by atoms with Crippen LogP contribution in [-0.4, -0.2) is 124 Å². The Balaban J connectivity index is 0.000000474. The lowest BCUT2D eigenvalue weighted by Gasteiger charge is -2.46. The largest absolute Gasteiger partial charge is 0.400 e. The van der Waals surface area contributed by atoms with Crippen LogP contribution in [0.2, 0.25) is 0 Å². The van der Waals surface area contributed by atoms with Gasteiger partial charge in [0.2, 0.25) is 0 Å². The van der Waals surface area contributed by atoms with E-state index >= 15 is 0 Å². The minimum absolute atomic E-state index is 0. The number of halogens is 1. The number of aliphatic hydroxyl groups excluding tert-OH is 7. The van der Waals surface area contributed by atoms with Crippen LogP contribution in [0.1, 0.15) is 13.8 Å². The highest BCUT2D eigenvalue weighted by atomic mass is 35.5. The molecule has 0 bridgehead atoms. The summed E-state index contributed by atoms with van der Waals surface area (Å²) < 4.78 is 21.0. The van der Waals surface area contributed by atoms with Crippen molar-refractivity contribution in [2.24, 2.45) is 0 Å². The van der Waals surface area contributed by atoms with E-state index in [1.165, 1.54) is 0 Å². The molecule has 3 heterocycles. The summed E-state index contributed by atoms with van der Waals surface area (Å²) in [6.45, 7) is 3.67. The van der Waals surface area contributed by atoms with Gasteiger partial charge in [-0.1, -0.05) is 0 Å². The Kier molecular flexibility index (Phi) is 12.5. The van der Waals surface area contributed by atoms with Crippen molar-refractivity contribution in [3.8, 4) is 0 Å². The molecule has 0 radical (unpaired) electrons. The van der Waals surface area contributed by atoms with E-state index in [0.29, 0.717) is 6.61 Å². The molecule has 0 aromatic heterocycles. The van der Waals surface area contributed by atoms with Crippen molar-refractivity contribution in [2.75, 3.05) is 33.5 Å². The van der Waals surface area contributed by atoms with Gasteiger partial charge in [-0.3, -0.25) is 0 Å². The summed E-state index contributed by atoms with van der Waals surface area (Å²) in [6.07, 6.45) is -6.81. The second kappa shape index (κ2) is 12.5. The topological polar surface area (TPSA) is 179 Å². The predicted molar refractivity (Wildman–Crippen MR) is 96.9 cm³/mol. The van der Waals surface area contributed by atoms with Gasteiger partial charge in [0, 0.05) is 7.11 Å². The molecule has 0 spiro atoms. The van der Waals surface area contributed by atoms with Gasteiger partial charge in [0.05, 0.1) is 26.4 Å². The summed E-state index contributed by atoms with van der Waals surface area (Å²) in [7, 11) is 1.00. The number of fused-ring (bicyclic) bond motifs is 1. The van der Waals surface area contributed by atoms with Gasteiger partial charge in [0.15, 0.2) is 5.79 Å². The zero-order valence-electron chi connectivity index (χ0n) is 16.1. The molecule has 12 heteroatoms. The van der Waals surface area contributed by atoms with Crippen LogP contribution in [0.3, 0.4) is 0 Å². The third-order valence-corrected chi connectivity index (χ3v) is 4.38. The quantitative estimate of drug-likeness (QED) is 0.219. The van der Waals surface area contributed by atoms with Gasteiger partial charge in [-0.15, -0.1) is 12.4 Å². The molecule has 3 rings (SSSR count). The Morgan fingerprint density at radius 3 is 1.93 bits per heavy atom. The average molecular weight is 437 g/mol. The van der Waals surface area contributed by atoms with Crippen molar-refractivity contribution in [3.63, 3.8) is 0 Å². The molecule has 0 aliphatic carbocycles. The number of ether oxygens (including phenoxy) is 4. The lowest BCUT2D eigenvalue weighted by Crippen LogP contribution is -2.61. The van der Waals surface area contributed by atoms with E-state index in [0.717, 1.165) is 7.11 Å². The van der Waals surface area contributed by atoms with Crippen LogP contribution in [-0.2, 0) is 18.9 Å². The molecule has 0 aromatic carbocycles. The van der Waals surface area contributed by atoms with Gasteiger partial charge in [-0.25, -0.2) is 0 Å². The molecule has 0 amide bonds. The van der Waals surface area contributed by atoms with Crippen LogP contribution in [0.15, 0.2) is 0 Å². The van der Waals surface area contributed by atoms with Crippen molar-refractivity contribution in [2.45, 2.75) is 68.5 Å². The van der Waals surface area contributed by atoms with Gasteiger partial charge in [0.1, 0.15) is 48.8 Å². The first-order valence-electron chi connectivity index (χ1n) is 8.67. The molecular weight excluding hydrogens is 404 g/mol. The van der Waals surface area contributed by atoms with Crippen molar-refractivity contribution in [1.82, 2.24) is 0 Å². The molecule has 0 aromatic rings. The average Bonchev–Trinajstić information content (AvgIpc) is 2.65. The Bertz CT molecular complexity index is 423. The normalized spacial score (nSPS) is 41.8. The summed E-state index contributed by atoms with van der Waals surface area (Å²) in [5.74, 6) is -0.720. The zero-order valence-corrected chi connectivity index (χ0v) is 16.9. The van der Waals surface area contributed by atoms with Crippen LogP contribution in [0.4, 0.5) is 0 Å². The molecule has 3 saturated heterocycles. The van der Waals surface area contributed by atoms with Gasteiger partial charge < -0.3 is 54.7 Å². The summed E-state index contributed by atoms with van der Waals surface area (Å²) in [5.41, 5.74) is 0. The Morgan fingerprint density at radius 1 is 0.821 bits per heavy atom. The van der Waals surface area contributed by atoms with E-state index in [-0.39, 0.29) is 38.3 Å². The van der Waals surface area contributed by atoms with Crippen LogP contribution >= 0.6 is 12.4 Å². The molecular formula is C16H33ClO11. The summed E-state index contributed by atoms with van der Waals surface area (Å²) >= 11 is 0. The highest BCUT2D eigenvalue weighted by Gasteiger charge is 2.46. The lowest BCUT2D eigenvalue weighted by molar-refractivity contribution is -0.346. The second-order valence-electron chi connectivity index (χ2n) is 6.83. The Morgan fingerprint density at radius 2 is 1.36 bits per heavy atom. The standard InChI is InChI=1S/C9H16O5.C6H12O5.CH4O.ClH/c1-9(2)13-4-6-8(14-9)7(11)5(10)3-12-6;7-1-4-6(10)5(9)3(8)2-11-4;1-2;/h5-8,10-11H,3-4H2,1-2H3;3-10H,1-2H2;2H,1H3;1H/t5-,6-,7-,8-;3-,4-,5-,6-;;/m00../s1. The SMILES string of the molecule is CC1(C)OC[C@@H]2OC[C@H](O)[C@H](O)[C@H]2O1.CO.Cl.OC[C@@H]1OC[C@H](O)[C@H](O)[C@H]1O. The molecule has 3 aliphatic rings. The molecule has 7 N–H and O–H groups in total. The van der Waals surface area contributed by atoms with Crippen LogP contribution < -0.4 is 0 Å². The molecule has 8 atom stereocenters. The second-order valence-corrected chi connectivity index (χ2v) is 6.83. The van der Waals surface area contributed by atoms with Crippen molar-refractivity contribution >= 4 is 12.4 Å². The summed E-state index contributed by atoms with van der Waals surface area (Å²) in [6, 6.07) is 0. The number of hydrogen-bond donors (Lipinski definition) is 7. The van der Waals surface area contributed by atoms with Gasteiger partial charge in [-0.2, -0.15) is 0 Å². The first-order valence-corrected chi connectivity index (χ1v) is 8.67. The Hall–Kier alpha value is -0.150. The maximum absolute atomic E-state index is 9.69. The van der Waals surface area contributed by atoms with Crippen LogP contribution in [0.5, 0.6) is 0 Å². The van der Waals surface area contributed by atoms with Gasteiger partial charge in [-0.05, 0) is 13.8 Å². The maximum atomic E-state index is 9.69. The molecule has 28 heavy (non-hydrogen) atoms. The molecule has 3 fully saturated rings. The highest BCUT2D eigenvalue weighted by molar-refractivity contribution is 5.85. The molecule has 0 unspecified atom stereocenters. The third kappa shape index (κ3) is 7.27. The lowest BCUT2D eigenvalue weighted by atomic mass is 9.99. The van der Waals surface area contributed by atoms with E-state index in [1.807, 2.05) is 0 Å². The van der Waals surface area contributed by atoms with Crippen molar-refractivity contribution < 1.29 is 54.7 Å². The molecule has 11 nitrogen and oxygen atoms in total. The first-order chi connectivity index (χ1) is 12.7. The number of hydrogen-bond acceptors (Lipinski definition) is 11. The molecule has 0 saturated carbocycles. The number of rotatable bonds is 1. The van der Waals surface area contributed by atoms with Crippen molar-refractivity contribution in [3.05, 3.63) is 0 Å². The van der Waals surface area contributed by atoms with E-state index in [9.17, 15) is 10.2 Å². The first kappa shape index (κ1) is 27.8. The van der Waals surface area contributed by atoms with E-state index in [2.05, 4.69) is 0 Å². The molecule has 3 aliphatic heterocycles. The summed E-state index contributed by atoms with van der Waals surface area (Å²) in [5, 5.41) is 61.8. The molecule has 170 valence electrons. The van der Waals surface area contributed by atoms with E-state index < -0.39 is 48.5 Å². The summed E-state index contributed by atoms with van der Waals surface area (Å²) in [4.78, 5) is 0. The highest BCUT2D eigenvalue weighted by Crippen LogP contribution is 2.29. The van der Waals surface area contributed by atoms with Gasteiger partial charge >= 0.3 is 0 Å². The predicted octanol–water partition coefficient (Wildman–Crippen LogP) is -3.25. The minimum atomic E-state index is -1.22. The van der Waals surface area contributed by atoms with Crippen molar-refractivity contribution in [1.29, 1.82) is 0 Å². The minimum Gasteiger partial charge on any atom is -0.400 e. The fourth-order valence-electron chi connectivity index (χ4n) is 2.82. The zero-order chi connectivity index (χ0) is 20.8. The van der Waals surface area contributed by atoms with E-state index in [4.69, 9.17) is 44.5 Å².